The first-order chi connectivity index (χ1) is 11.3. The number of likely N-dealkylation sites (N-methyl/N-ethyl adjacent to an activating group) is 1. The molecule has 0 radical (unpaired) electrons. The lowest BCUT2D eigenvalue weighted by Gasteiger charge is -2.17. The Bertz CT molecular complexity index is 729. The molecule has 3 rings (SSSR count). The maximum atomic E-state index is 5.16. The second-order valence-electron chi connectivity index (χ2n) is 4.77. The van der Waals surface area contributed by atoms with Crippen molar-refractivity contribution in [1.29, 1.82) is 0 Å². The summed E-state index contributed by atoms with van der Waals surface area (Å²) in [7, 11) is 3.70. The molecular weight excluding hydrogens is 314 g/mol. The van der Waals surface area contributed by atoms with Crippen LogP contribution >= 0.6 is 11.3 Å². The van der Waals surface area contributed by atoms with E-state index in [1.54, 1.807) is 31.8 Å². The molecule has 0 bridgehead atoms. The predicted molar refractivity (Wildman–Crippen MR) is 90.2 cm³/mol. The van der Waals surface area contributed by atoms with Crippen LogP contribution in [0, 0.1) is 0 Å². The van der Waals surface area contributed by atoms with Crippen LogP contribution in [0.5, 0.6) is 0 Å². The number of thiazole rings is 1. The molecule has 3 heterocycles. The molecule has 0 aliphatic heterocycles. The number of rotatable bonds is 7. The maximum Gasteiger partial charge on any atom is 0.228 e. The fraction of sp³-hybridized carbons (Fsp3) is 0.286. The average molecular weight is 331 g/mol. The van der Waals surface area contributed by atoms with Crippen LogP contribution in [0.2, 0.25) is 0 Å². The molecule has 0 aliphatic rings. The molecule has 0 atom stereocenters. The number of ether oxygens (including phenoxy) is 1. The molecule has 120 valence electrons. The number of H-pyrrole nitrogens is 1. The molecular formula is C14H17N7OS. The number of anilines is 3. The lowest BCUT2D eigenvalue weighted by Crippen LogP contribution is -2.21. The summed E-state index contributed by atoms with van der Waals surface area (Å²) in [5.41, 5.74) is 1.79. The van der Waals surface area contributed by atoms with Gasteiger partial charge in [-0.1, -0.05) is 11.3 Å². The Hall–Kier alpha value is -2.52. The largest absolute Gasteiger partial charge is 0.383 e. The van der Waals surface area contributed by atoms with Gasteiger partial charge in [0.2, 0.25) is 5.95 Å². The molecule has 0 fully saturated rings. The van der Waals surface area contributed by atoms with E-state index in [9.17, 15) is 0 Å². The first-order valence-corrected chi connectivity index (χ1v) is 7.83. The summed E-state index contributed by atoms with van der Waals surface area (Å²) in [4.78, 5) is 15.1. The van der Waals surface area contributed by atoms with Gasteiger partial charge in [-0.25, -0.2) is 15.0 Å². The summed E-state index contributed by atoms with van der Waals surface area (Å²) in [6, 6.07) is 1.77. The van der Waals surface area contributed by atoms with Gasteiger partial charge in [0.25, 0.3) is 0 Å². The van der Waals surface area contributed by atoms with Gasteiger partial charge in [-0.2, -0.15) is 5.10 Å². The monoisotopic (exact) mass is 331 g/mol. The van der Waals surface area contributed by atoms with Gasteiger partial charge in [-0.05, 0) is 6.07 Å². The summed E-state index contributed by atoms with van der Waals surface area (Å²) in [5.74, 6) is 0.520. The Morgan fingerprint density at radius 3 is 2.87 bits per heavy atom. The highest BCUT2D eigenvalue weighted by atomic mass is 32.1. The molecule has 0 aromatic carbocycles. The zero-order valence-electron chi connectivity index (χ0n) is 12.9. The van der Waals surface area contributed by atoms with E-state index in [2.05, 4.69) is 35.4 Å². The van der Waals surface area contributed by atoms with Crippen molar-refractivity contribution in [3.05, 3.63) is 30.9 Å². The van der Waals surface area contributed by atoms with E-state index in [1.807, 2.05) is 13.2 Å². The first-order valence-electron chi connectivity index (χ1n) is 7.02. The normalized spacial score (nSPS) is 10.7. The van der Waals surface area contributed by atoms with Crippen molar-refractivity contribution in [2.75, 3.05) is 37.5 Å². The van der Waals surface area contributed by atoms with Crippen LogP contribution in [-0.2, 0) is 4.74 Å². The molecule has 23 heavy (non-hydrogen) atoms. The number of methoxy groups -OCH3 is 1. The van der Waals surface area contributed by atoms with Gasteiger partial charge in [0, 0.05) is 44.9 Å². The number of hydrogen-bond donors (Lipinski definition) is 2. The number of hydrogen-bond acceptors (Lipinski definition) is 8. The number of aromatic nitrogens is 5. The Balaban J connectivity index is 1.90. The van der Waals surface area contributed by atoms with Crippen molar-refractivity contribution < 1.29 is 4.74 Å². The fourth-order valence-corrected chi connectivity index (χ4v) is 2.95. The van der Waals surface area contributed by atoms with Gasteiger partial charge >= 0.3 is 0 Å². The van der Waals surface area contributed by atoms with Crippen molar-refractivity contribution in [3.63, 3.8) is 0 Å². The number of aromatic amines is 1. The molecule has 0 saturated carbocycles. The van der Waals surface area contributed by atoms with Crippen molar-refractivity contribution in [1.82, 2.24) is 25.1 Å². The highest BCUT2D eigenvalue weighted by molar-refractivity contribution is 7.20. The van der Waals surface area contributed by atoms with Crippen LogP contribution in [0.1, 0.15) is 0 Å². The molecule has 0 aliphatic carbocycles. The Morgan fingerprint density at radius 2 is 2.17 bits per heavy atom. The van der Waals surface area contributed by atoms with Crippen LogP contribution in [-0.4, -0.2) is 52.5 Å². The Morgan fingerprint density at radius 1 is 1.35 bits per heavy atom. The molecule has 3 aromatic rings. The fourth-order valence-electron chi connectivity index (χ4n) is 1.98. The minimum absolute atomic E-state index is 0.520. The predicted octanol–water partition coefficient (Wildman–Crippen LogP) is 2.15. The van der Waals surface area contributed by atoms with E-state index in [1.165, 1.54) is 11.3 Å². The highest BCUT2D eigenvalue weighted by Gasteiger charge is 2.18. The summed E-state index contributed by atoms with van der Waals surface area (Å²) in [5, 5.41) is 11.7. The Labute approximate surface area is 137 Å². The van der Waals surface area contributed by atoms with Crippen molar-refractivity contribution in [2.24, 2.45) is 0 Å². The number of nitrogens with zero attached hydrogens (tertiary/aromatic N) is 5. The molecule has 2 N–H and O–H groups in total. The van der Waals surface area contributed by atoms with Crippen molar-refractivity contribution in [2.45, 2.75) is 0 Å². The molecule has 0 spiro atoms. The molecule has 3 aromatic heterocycles. The third-order valence-electron chi connectivity index (χ3n) is 3.14. The molecule has 9 heteroatoms. The lowest BCUT2D eigenvalue weighted by atomic mass is 10.2. The van der Waals surface area contributed by atoms with E-state index < -0.39 is 0 Å². The standard InChI is InChI=1S/C14H17N7OS/c1-21(6-7-22-2)12-11(10-8-17-18-9-10)19-14(23-12)20-13-15-4-3-5-16-13/h3-5,8-9H,6-7H2,1-2H3,(H,17,18)(H,15,16,19,20). The lowest BCUT2D eigenvalue weighted by molar-refractivity contribution is 0.206. The van der Waals surface area contributed by atoms with Crippen LogP contribution in [0.4, 0.5) is 16.1 Å². The van der Waals surface area contributed by atoms with Crippen molar-refractivity contribution in [3.8, 4) is 11.3 Å². The van der Waals surface area contributed by atoms with Gasteiger partial charge in [-0.15, -0.1) is 0 Å². The second kappa shape index (κ2) is 7.16. The van der Waals surface area contributed by atoms with Crippen molar-refractivity contribution >= 4 is 27.4 Å². The molecule has 0 unspecified atom stereocenters. The maximum absolute atomic E-state index is 5.16. The highest BCUT2D eigenvalue weighted by Crippen LogP contribution is 2.38. The minimum atomic E-state index is 0.520. The minimum Gasteiger partial charge on any atom is -0.383 e. The van der Waals surface area contributed by atoms with Crippen LogP contribution in [0.3, 0.4) is 0 Å². The first kappa shape index (κ1) is 15.4. The van der Waals surface area contributed by atoms with E-state index in [-0.39, 0.29) is 0 Å². The third-order valence-corrected chi connectivity index (χ3v) is 4.23. The van der Waals surface area contributed by atoms with Gasteiger partial charge in [0.1, 0.15) is 10.7 Å². The van der Waals surface area contributed by atoms with E-state index in [0.29, 0.717) is 12.6 Å². The molecule has 0 saturated heterocycles. The quantitative estimate of drug-likeness (QED) is 0.685. The Kier molecular flexibility index (Phi) is 4.79. The van der Waals surface area contributed by atoms with E-state index in [4.69, 9.17) is 4.74 Å². The second-order valence-corrected chi connectivity index (χ2v) is 5.75. The van der Waals surface area contributed by atoms with Crippen LogP contribution in [0.15, 0.2) is 30.9 Å². The van der Waals surface area contributed by atoms with Gasteiger partial charge in [-0.3, -0.25) is 10.4 Å². The zero-order chi connectivity index (χ0) is 16.1. The van der Waals surface area contributed by atoms with Gasteiger partial charge in [0.15, 0.2) is 5.13 Å². The van der Waals surface area contributed by atoms with Crippen LogP contribution < -0.4 is 10.2 Å². The SMILES string of the molecule is COCCN(C)c1sc(Nc2ncccn2)nc1-c1cn[nH]c1. The molecule has 8 nitrogen and oxygen atoms in total. The smallest absolute Gasteiger partial charge is 0.228 e. The summed E-state index contributed by atoms with van der Waals surface area (Å²) >= 11 is 1.54. The van der Waals surface area contributed by atoms with Gasteiger partial charge < -0.3 is 9.64 Å². The summed E-state index contributed by atoms with van der Waals surface area (Å²) in [6.07, 6.45) is 6.95. The number of nitrogens with one attached hydrogen (secondary N) is 2. The average Bonchev–Trinajstić information content (AvgIpc) is 3.22. The topological polar surface area (TPSA) is 91.8 Å². The van der Waals surface area contributed by atoms with Crippen LogP contribution in [0.25, 0.3) is 11.3 Å². The van der Waals surface area contributed by atoms with E-state index in [0.717, 1.165) is 27.9 Å². The molecule has 0 amide bonds. The van der Waals surface area contributed by atoms with Gasteiger partial charge in [0.05, 0.1) is 12.8 Å². The summed E-state index contributed by atoms with van der Waals surface area (Å²) in [6.45, 7) is 1.41. The summed E-state index contributed by atoms with van der Waals surface area (Å²) < 4.78 is 5.16. The third kappa shape index (κ3) is 3.63. The van der Waals surface area contributed by atoms with E-state index >= 15 is 0 Å². The zero-order valence-corrected chi connectivity index (χ0v) is 13.7.